The Labute approximate surface area is 63.3 Å². The number of H-pyrrole nitrogens is 2. The van der Waals surface area contributed by atoms with Crippen molar-refractivity contribution in [3.63, 3.8) is 0 Å². The zero-order valence-electron chi connectivity index (χ0n) is 6.16. The fraction of sp³-hybridized carbons (Fsp3) is 0.500. The molecule has 0 aliphatic rings. The molecular weight excluding hydrogens is 146 g/mol. The van der Waals surface area contributed by atoms with Crippen LogP contribution in [0.3, 0.4) is 0 Å². The number of aliphatic hydroxyl groups excluding tert-OH is 1. The van der Waals surface area contributed by atoms with Gasteiger partial charge in [-0.3, -0.25) is 0 Å². The molecule has 0 saturated carbocycles. The number of hydrogen-bond donors (Lipinski definition) is 4. The molecule has 0 aliphatic carbocycles. The summed E-state index contributed by atoms with van der Waals surface area (Å²) in [6, 6.07) is -0.388. The molecule has 1 rings (SSSR count). The van der Waals surface area contributed by atoms with E-state index in [-0.39, 0.29) is 11.7 Å². The van der Waals surface area contributed by atoms with E-state index in [4.69, 9.17) is 5.73 Å². The zero-order valence-corrected chi connectivity index (χ0v) is 6.16. The van der Waals surface area contributed by atoms with Crippen LogP contribution in [0.5, 0.6) is 0 Å². The number of nitrogens with two attached hydrogens (primary N) is 1. The average Bonchev–Trinajstić information content (AvgIpc) is 2.34. The van der Waals surface area contributed by atoms with Crippen molar-refractivity contribution >= 4 is 0 Å². The molecule has 2 unspecified atom stereocenters. The Morgan fingerprint density at radius 1 is 1.73 bits per heavy atom. The third-order valence-electron chi connectivity index (χ3n) is 1.43. The van der Waals surface area contributed by atoms with Gasteiger partial charge in [-0.25, -0.2) is 4.79 Å². The average molecular weight is 157 g/mol. The van der Waals surface area contributed by atoms with Gasteiger partial charge in [-0.05, 0) is 6.92 Å². The summed E-state index contributed by atoms with van der Waals surface area (Å²) in [4.78, 5) is 15.3. The molecule has 0 saturated heterocycles. The smallest absolute Gasteiger partial charge is 0.323 e. The first-order chi connectivity index (χ1) is 5.11. The van der Waals surface area contributed by atoms with Crippen LogP contribution in [0.1, 0.15) is 18.7 Å². The van der Waals surface area contributed by atoms with Gasteiger partial charge in [-0.1, -0.05) is 0 Å². The third-order valence-corrected chi connectivity index (χ3v) is 1.43. The number of aromatic nitrogens is 2. The van der Waals surface area contributed by atoms with Crippen molar-refractivity contribution in [1.82, 2.24) is 9.97 Å². The first-order valence-corrected chi connectivity index (χ1v) is 3.32. The van der Waals surface area contributed by atoms with Gasteiger partial charge in [0, 0.05) is 12.2 Å². The minimum absolute atomic E-state index is 0.334. The van der Waals surface area contributed by atoms with Crippen molar-refractivity contribution < 1.29 is 5.11 Å². The highest BCUT2D eigenvalue weighted by atomic mass is 16.3. The number of imidazole rings is 1. The second kappa shape index (κ2) is 2.89. The van der Waals surface area contributed by atoms with Crippen molar-refractivity contribution in [2.75, 3.05) is 0 Å². The maximum atomic E-state index is 10.6. The molecule has 0 spiro atoms. The lowest BCUT2D eigenvalue weighted by atomic mass is 10.1. The monoisotopic (exact) mass is 157 g/mol. The van der Waals surface area contributed by atoms with Gasteiger partial charge in [0.2, 0.25) is 0 Å². The van der Waals surface area contributed by atoms with Gasteiger partial charge in [0.1, 0.15) is 6.10 Å². The fourth-order valence-corrected chi connectivity index (χ4v) is 0.789. The summed E-state index contributed by atoms with van der Waals surface area (Å²) in [7, 11) is 0. The number of aliphatic hydroxyl groups is 1. The fourth-order valence-electron chi connectivity index (χ4n) is 0.789. The number of aromatic amines is 2. The number of rotatable bonds is 2. The zero-order chi connectivity index (χ0) is 8.43. The van der Waals surface area contributed by atoms with E-state index in [0.717, 1.165) is 0 Å². The Hall–Kier alpha value is -1.07. The molecule has 0 amide bonds. The van der Waals surface area contributed by atoms with E-state index in [9.17, 15) is 9.90 Å². The van der Waals surface area contributed by atoms with Gasteiger partial charge in [0.25, 0.3) is 0 Å². The summed E-state index contributed by atoms with van der Waals surface area (Å²) in [6.45, 7) is 1.66. The van der Waals surface area contributed by atoms with E-state index in [1.54, 1.807) is 6.92 Å². The summed E-state index contributed by atoms with van der Waals surface area (Å²) in [5.74, 6) is 0. The predicted octanol–water partition coefficient (Wildman–Crippen LogP) is -0.916. The third kappa shape index (κ3) is 1.69. The van der Waals surface area contributed by atoms with Gasteiger partial charge in [-0.15, -0.1) is 0 Å². The molecule has 1 heterocycles. The molecule has 5 heteroatoms. The number of nitrogens with one attached hydrogen (secondary N) is 2. The molecule has 5 nitrogen and oxygen atoms in total. The molecule has 5 N–H and O–H groups in total. The van der Waals surface area contributed by atoms with Crippen molar-refractivity contribution in [3.05, 3.63) is 22.4 Å². The highest BCUT2D eigenvalue weighted by Crippen LogP contribution is 2.09. The van der Waals surface area contributed by atoms with Crippen LogP contribution in [0.4, 0.5) is 0 Å². The van der Waals surface area contributed by atoms with E-state index in [2.05, 4.69) is 9.97 Å². The Kier molecular flexibility index (Phi) is 2.11. The molecule has 2 atom stereocenters. The minimum Gasteiger partial charge on any atom is -0.385 e. The summed E-state index contributed by atoms with van der Waals surface area (Å²) >= 11 is 0. The summed E-state index contributed by atoms with van der Waals surface area (Å²) in [5, 5.41) is 9.30. The molecule has 0 bridgehead atoms. The van der Waals surface area contributed by atoms with Gasteiger partial charge in [-0.2, -0.15) is 0 Å². The molecule has 62 valence electrons. The van der Waals surface area contributed by atoms with Gasteiger partial charge < -0.3 is 20.8 Å². The van der Waals surface area contributed by atoms with Crippen LogP contribution >= 0.6 is 0 Å². The van der Waals surface area contributed by atoms with Crippen LogP contribution in [0.2, 0.25) is 0 Å². The van der Waals surface area contributed by atoms with Crippen LogP contribution in [-0.2, 0) is 0 Å². The topological polar surface area (TPSA) is 94.9 Å². The Bertz CT molecular complexity index is 275. The normalized spacial score (nSPS) is 16.3. The predicted molar refractivity (Wildman–Crippen MR) is 40.0 cm³/mol. The summed E-state index contributed by atoms with van der Waals surface area (Å²) in [5.41, 5.74) is 5.48. The van der Waals surface area contributed by atoms with E-state index in [1.165, 1.54) is 6.20 Å². The minimum atomic E-state index is -0.811. The Balaban J connectivity index is 2.84. The molecule has 11 heavy (non-hydrogen) atoms. The lowest BCUT2D eigenvalue weighted by Crippen LogP contribution is -2.25. The van der Waals surface area contributed by atoms with Crippen molar-refractivity contribution in [3.8, 4) is 0 Å². The van der Waals surface area contributed by atoms with E-state index < -0.39 is 6.10 Å². The van der Waals surface area contributed by atoms with Gasteiger partial charge in [0.15, 0.2) is 0 Å². The Morgan fingerprint density at radius 2 is 2.36 bits per heavy atom. The van der Waals surface area contributed by atoms with Crippen LogP contribution in [0.15, 0.2) is 11.0 Å². The largest absolute Gasteiger partial charge is 0.385 e. The summed E-state index contributed by atoms with van der Waals surface area (Å²) in [6.07, 6.45) is 0.602. The first-order valence-electron chi connectivity index (χ1n) is 3.32. The molecule has 0 radical (unpaired) electrons. The maximum absolute atomic E-state index is 10.6. The maximum Gasteiger partial charge on any atom is 0.323 e. The molecule has 1 aromatic heterocycles. The van der Waals surface area contributed by atoms with Crippen molar-refractivity contribution in [2.45, 2.75) is 19.1 Å². The highest BCUT2D eigenvalue weighted by Gasteiger charge is 2.13. The van der Waals surface area contributed by atoms with Gasteiger partial charge in [0.05, 0.1) is 5.69 Å². The van der Waals surface area contributed by atoms with Crippen LogP contribution < -0.4 is 11.4 Å². The highest BCUT2D eigenvalue weighted by molar-refractivity contribution is 5.01. The van der Waals surface area contributed by atoms with E-state index >= 15 is 0 Å². The molecular formula is C6H11N3O2. The van der Waals surface area contributed by atoms with Crippen molar-refractivity contribution in [2.24, 2.45) is 5.73 Å². The van der Waals surface area contributed by atoms with Crippen LogP contribution in [0, 0.1) is 0 Å². The lowest BCUT2D eigenvalue weighted by molar-refractivity contribution is 0.149. The van der Waals surface area contributed by atoms with Crippen LogP contribution in [0.25, 0.3) is 0 Å². The van der Waals surface area contributed by atoms with Crippen LogP contribution in [-0.4, -0.2) is 21.1 Å². The first kappa shape index (κ1) is 8.03. The van der Waals surface area contributed by atoms with Gasteiger partial charge >= 0.3 is 5.69 Å². The second-order valence-corrected chi connectivity index (χ2v) is 2.50. The quantitative estimate of drug-likeness (QED) is 0.447. The SMILES string of the molecule is CC(N)C(O)c1c[nH]c(=O)[nH]1. The number of hydrogen-bond acceptors (Lipinski definition) is 3. The molecule has 0 aromatic carbocycles. The van der Waals surface area contributed by atoms with E-state index in [1.807, 2.05) is 0 Å². The lowest BCUT2D eigenvalue weighted by Gasteiger charge is -2.10. The molecule has 0 fully saturated rings. The van der Waals surface area contributed by atoms with E-state index in [0.29, 0.717) is 5.69 Å². The molecule has 0 aliphatic heterocycles. The second-order valence-electron chi connectivity index (χ2n) is 2.50. The standard InChI is InChI=1S/C6H11N3O2/c1-3(7)5(10)4-2-8-6(11)9-4/h2-3,5,10H,7H2,1H3,(H2,8,9,11). The Morgan fingerprint density at radius 3 is 2.73 bits per heavy atom. The van der Waals surface area contributed by atoms with Crippen molar-refractivity contribution in [1.29, 1.82) is 0 Å². The molecule has 1 aromatic rings. The summed E-state index contributed by atoms with van der Waals surface area (Å²) < 4.78 is 0.